The minimum absolute atomic E-state index is 0.704. The molecular weight excluding hydrogens is 301 g/mol. The number of rotatable bonds is 4. The van der Waals surface area contributed by atoms with E-state index in [2.05, 4.69) is 47.7 Å². The maximum Gasteiger partial charge on any atom is 0.103 e. The molecule has 23 heavy (non-hydrogen) atoms. The van der Waals surface area contributed by atoms with Gasteiger partial charge in [-0.25, -0.2) is 0 Å². The number of hydrogen-bond donors (Lipinski definition) is 0. The third-order valence-electron chi connectivity index (χ3n) is 4.85. The molecule has 4 heteroatoms. The average Bonchev–Trinajstić information content (AvgIpc) is 2.59. The quantitative estimate of drug-likeness (QED) is 0.786. The Morgan fingerprint density at radius 3 is 2.83 bits per heavy atom. The Morgan fingerprint density at radius 1 is 1.35 bits per heavy atom. The molecular formula is C19H24N3P. The number of anilines is 1. The zero-order valence-corrected chi connectivity index (χ0v) is 15.0. The fourth-order valence-electron chi connectivity index (χ4n) is 3.51. The van der Waals surface area contributed by atoms with Crippen LogP contribution in [0.1, 0.15) is 30.4 Å². The van der Waals surface area contributed by atoms with Gasteiger partial charge >= 0.3 is 0 Å². The van der Waals surface area contributed by atoms with Gasteiger partial charge in [-0.15, -0.1) is 8.58 Å². The molecule has 1 aliphatic rings. The van der Waals surface area contributed by atoms with E-state index in [-0.39, 0.29) is 0 Å². The fourth-order valence-corrected chi connectivity index (χ4v) is 4.20. The summed E-state index contributed by atoms with van der Waals surface area (Å²) in [5, 5.41) is 10.6. The first-order valence-corrected chi connectivity index (χ1v) is 10.1. The summed E-state index contributed by atoms with van der Waals surface area (Å²) in [5.74, 6) is 0.861. The van der Waals surface area contributed by atoms with Gasteiger partial charge in [0.15, 0.2) is 0 Å². The van der Waals surface area contributed by atoms with Crippen molar-refractivity contribution in [1.29, 1.82) is 5.26 Å². The predicted molar refractivity (Wildman–Crippen MR) is 99.9 cm³/mol. The Labute approximate surface area is 140 Å². The van der Waals surface area contributed by atoms with Crippen molar-refractivity contribution in [3.05, 3.63) is 35.5 Å². The van der Waals surface area contributed by atoms with Gasteiger partial charge in [0, 0.05) is 24.7 Å². The molecule has 0 saturated carbocycles. The summed E-state index contributed by atoms with van der Waals surface area (Å²) >= 11 is 0. The highest BCUT2D eigenvalue weighted by atomic mass is 31.1. The number of nitriles is 1. The summed E-state index contributed by atoms with van der Waals surface area (Å²) in [6.07, 6.45) is 6.95. The number of hydrogen-bond acceptors (Lipinski definition) is 3. The second kappa shape index (κ2) is 7.28. The number of benzene rings is 1. The van der Waals surface area contributed by atoms with Crippen LogP contribution >= 0.6 is 8.58 Å². The predicted octanol–water partition coefficient (Wildman–Crippen LogP) is 4.33. The van der Waals surface area contributed by atoms with Gasteiger partial charge in [-0.2, -0.15) is 5.26 Å². The van der Waals surface area contributed by atoms with Crippen molar-refractivity contribution in [2.45, 2.75) is 26.2 Å². The molecule has 3 rings (SSSR count). The Kier molecular flexibility index (Phi) is 5.13. The van der Waals surface area contributed by atoms with Crippen molar-refractivity contribution < 1.29 is 0 Å². The van der Waals surface area contributed by atoms with E-state index >= 15 is 0 Å². The summed E-state index contributed by atoms with van der Waals surface area (Å²) < 4.78 is 0. The maximum absolute atomic E-state index is 9.52. The van der Waals surface area contributed by atoms with E-state index in [4.69, 9.17) is 0 Å². The number of piperidine rings is 1. The second-order valence-corrected chi connectivity index (χ2v) is 7.68. The molecule has 1 unspecified atom stereocenters. The molecule has 0 aliphatic carbocycles. The van der Waals surface area contributed by atoms with E-state index in [1.165, 1.54) is 31.0 Å². The third kappa shape index (κ3) is 3.48. The van der Waals surface area contributed by atoms with Crippen LogP contribution in [0.15, 0.2) is 24.4 Å². The minimum Gasteiger partial charge on any atom is -0.370 e. The molecule has 1 fully saturated rings. The lowest BCUT2D eigenvalue weighted by Crippen LogP contribution is -2.34. The van der Waals surface area contributed by atoms with E-state index in [9.17, 15) is 5.26 Å². The standard InChI is InChI=1S/C19H24N3P/c1-14-3-4-17-18(11-14)21-13-16(12-20)19(17)22-8-5-15(6-9-22)7-10-23-2/h3-4,11,13,15,23H,5-10H2,1-2H3. The van der Waals surface area contributed by atoms with Crippen LogP contribution in [-0.2, 0) is 0 Å². The van der Waals surface area contributed by atoms with Crippen LogP contribution in [0.3, 0.4) is 0 Å². The van der Waals surface area contributed by atoms with Gasteiger partial charge in [0.1, 0.15) is 6.07 Å². The van der Waals surface area contributed by atoms with Gasteiger partial charge in [-0.05, 0) is 56.6 Å². The van der Waals surface area contributed by atoms with Crippen LogP contribution in [-0.4, -0.2) is 30.9 Å². The molecule has 0 bridgehead atoms. The van der Waals surface area contributed by atoms with Crippen molar-refractivity contribution in [2.24, 2.45) is 5.92 Å². The van der Waals surface area contributed by atoms with E-state index in [1.54, 1.807) is 6.20 Å². The first-order valence-electron chi connectivity index (χ1n) is 8.42. The number of aromatic nitrogens is 1. The van der Waals surface area contributed by atoms with Gasteiger partial charge in [-0.3, -0.25) is 4.98 Å². The number of nitrogens with zero attached hydrogens (tertiary/aromatic N) is 3. The summed E-state index contributed by atoms with van der Waals surface area (Å²) in [4.78, 5) is 6.88. The van der Waals surface area contributed by atoms with Crippen molar-refractivity contribution in [3.8, 4) is 6.07 Å². The zero-order valence-electron chi connectivity index (χ0n) is 14.0. The Hall–Kier alpha value is -1.65. The van der Waals surface area contributed by atoms with E-state index in [0.717, 1.165) is 44.2 Å². The van der Waals surface area contributed by atoms with Crippen LogP contribution in [0.4, 0.5) is 5.69 Å². The topological polar surface area (TPSA) is 39.9 Å². The van der Waals surface area contributed by atoms with Crippen molar-refractivity contribution in [2.75, 3.05) is 30.8 Å². The molecule has 0 radical (unpaired) electrons. The van der Waals surface area contributed by atoms with Crippen LogP contribution < -0.4 is 4.90 Å². The largest absolute Gasteiger partial charge is 0.370 e. The highest BCUT2D eigenvalue weighted by Gasteiger charge is 2.22. The molecule has 0 N–H and O–H groups in total. The molecule has 2 aromatic rings. The molecule has 3 nitrogen and oxygen atoms in total. The van der Waals surface area contributed by atoms with Crippen LogP contribution in [0.2, 0.25) is 0 Å². The van der Waals surface area contributed by atoms with Crippen LogP contribution in [0.25, 0.3) is 10.9 Å². The molecule has 1 aromatic heterocycles. The van der Waals surface area contributed by atoms with Crippen molar-refractivity contribution in [3.63, 3.8) is 0 Å². The minimum atomic E-state index is 0.704. The fraction of sp³-hybridized carbons (Fsp3) is 0.474. The Balaban J connectivity index is 1.89. The van der Waals surface area contributed by atoms with Gasteiger partial charge in [0.2, 0.25) is 0 Å². The summed E-state index contributed by atoms with van der Waals surface area (Å²) in [6.45, 7) is 6.48. The zero-order chi connectivity index (χ0) is 16.2. The highest BCUT2D eigenvalue weighted by Crippen LogP contribution is 2.33. The summed E-state index contributed by atoms with van der Waals surface area (Å²) in [5.41, 5.74) is 4.00. The Bertz CT molecular complexity index is 727. The van der Waals surface area contributed by atoms with E-state index in [1.807, 2.05) is 0 Å². The summed E-state index contributed by atoms with van der Waals surface area (Å²) in [6, 6.07) is 8.69. The average molecular weight is 325 g/mol. The lowest BCUT2D eigenvalue weighted by molar-refractivity contribution is 0.397. The molecule has 1 aromatic carbocycles. The molecule has 0 amide bonds. The normalized spacial score (nSPS) is 16.3. The van der Waals surface area contributed by atoms with Crippen LogP contribution in [0.5, 0.6) is 0 Å². The van der Waals surface area contributed by atoms with E-state index in [0.29, 0.717) is 5.56 Å². The van der Waals surface area contributed by atoms with Crippen LogP contribution in [0, 0.1) is 24.2 Å². The van der Waals surface area contributed by atoms with Crippen molar-refractivity contribution >= 4 is 25.2 Å². The first kappa shape index (κ1) is 16.2. The maximum atomic E-state index is 9.52. The SMILES string of the molecule is CPCCC1CCN(c2c(C#N)cnc3cc(C)ccc23)CC1. The monoisotopic (exact) mass is 325 g/mol. The number of aryl methyl sites for hydroxylation is 1. The molecule has 2 heterocycles. The smallest absolute Gasteiger partial charge is 0.103 e. The van der Waals surface area contributed by atoms with Gasteiger partial charge in [0.25, 0.3) is 0 Å². The van der Waals surface area contributed by atoms with Gasteiger partial charge < -0.3 is 4.90 Å². The molecule has 1 aliphatic heterocycles. The Morgan fingerprint density at radius 2 is 2.13 bits per heavy atom. The highest BCUT2D eigenvalue weighted by molar-refractivity contribution is 7.36. The molecule has 1 atom stereocenters. The number of fused-ring (bicyclic) bond motifs is 1. The van der Waals surface area contributed by atoms with E-state index < -0.39 is 0 Å². The first-order chi connectivity index (χ1) is 11.2. The third-order valence-corrected chi connectivity index (χ3v) is 5.64. The number of pyridine rings is 1. The van der Waals surface area contributed by atoms with Crippen molar-refractivity contribution in [1.82, 2.24) is 4.98 Å². The van der Waals surface area contributed by atoms with Gasteiger partial charge in [0.05, 0.1) is 16.8 Å². The lowest BCUT2D eigenvalue weighted by atomic mass is 9.93. The summed E-state index contributed by atoms with van der Waals surface area (Å²) in [7, 11) is 1.07. The molecule has 0 spiro atoms. The lowest BCUT2D eigenvalue weighted by Gasteiger charge is -2.34. The van der Waals surface area contributed by atoms with Gasteiger partial charge in [-0.1, -0.05) is 12.1 Å². The molecule has 120 valence electrons. The molecule has 1 saturated heterocycles. The second-order valence-electron chi connectivity index (χ2n) is 6.48.